The summed E-state index contributed by atoms with van der Waals surface area (Å²) in [5, 5.41) is 0.409. The van der Waals surface area contributed by atoms with Gasteiger partial charge in [0, 0.05) is 0 Å². The number of aromatic nitrogens is 3. The van der Waals surface area contributed by atoms with E-state index in [4.69, 9.17) is 4.74 Å². The molecule has 1 N–H and O–H groups in total. The van der Waals surface area contributed by atoms with Crippen molar-refractivity contribution in [1.29, 1.82) is 0 Å². The second-order valence-corrected chi connectivity index (χ2v) is 5.08. The lowest BCUT2D eigenvalue weighted by atomic mass is 10.2. The number of ether oxygens (including phenoxy) is 1. The van der Waals surface area contributed by atoms with Gasteiger partial charge in [0.2, 0.25) is 5.88 Å². The molecule has 7 heteroatoms. The van der Waals surface area contributed by atoms with Crippen LogP contribution in [0.4, 0.5) is 4.39 Å². The Balaban J connectivity index is 2.84. The first-order chi connectivity index (χ1) is 8.93. The van der Waals surface area contributed by atoms with Gasteiger partial charge in [0.05, 0.1) is 11.8 Å². The van der Waals surface area contributed by atoms with Gasteiger partial charge in [0.15, 0.2) is 11.0 Å². The highest BCUT2D eigenvalue weighted by Gasteiger charge is 2.18. The van der Waals surface area contributed by atoms with Crippen molar-refractivity contribution >= 4 is 22.7 Å². The Labute approximate surface area is 113 Å². The van der Waals surface area contributed by atoms with Crippen LogP contribution >= 0.6 is 11.8 Å². The number of hydrogen-bond acceptors (Lipinski definition) is 5. The van der Waals surface area contributed by atoms with E-state index in [9.17, 15) is 9.18 Å². The van der Waals surface area contributed by atoms with Gasteiger partial charge < -0.3 is 9.72 Å². The van der Waals surface area contributed by atoms with Crippen molar-refractivity contribution < 1.29 is 9.13 Å². The number of hydrogen-bond donors (Lipinski definition) is 1. The van der Waals surface area contributed by atoms with Crippen LogP contribution in [0.15, 0.2) is 9.95 Å². The molecule has 102 valence electrons. The monoisotopic (exact) mass is 283 g/mol. The summed E-state index contributed by atoms with van der Waals surface area (Å²) in [5.41, 5.74) is -0.291. The molecule has 5 nitrogen and oxygen atoms in total. The predicted octanol–water partition coefficient (Wildman–Crippen LogP) is 2.27. The summed E-state index contributed by atoms with van der Waals surface area (Å²) >= 11 is 1.24. The van der Waals surface area contributed by atoms with Gasteiger partial charge in [-0.1, -0.05) is 11.8 Å². The SMILES string of the molecule is CSc1nc2c(F)c(C)nc(OC(C)C)c2c(=O)[nH]1. The molecule has 0 aliphatic carbocycles. The van der Waals surface area contributed by atoms with E-state index in [1.807, 2.05) is 13.8 Å². The molecule has 0 saturated heterocycles. The molecule has 0 saturated carbocycles. The predicted molar refractivity (Wildman–Crippen MR) is 72.4 cm³/mol. The van der Waals surface area contributed by atoms with E-state index < -0.39 is 11.4 Å². The van der Waals surface area contributed by atoms with Gasteiger partial charge in [-0.15, -0.1) is 0 Å². The number of nitrogens with one attached hydrogen (secondary N) is 1. The van der Waals surface area contributed by atoms with Crippen molar-refractivity contribution in [2.45, 2.75) is 32.0 Å². The Kier molecular flexibility index (Phi) is 3.75. The molecule has 19 heavy (non-hydrogen) atoms. The van der Waals surface area contributed by atoms with E-state index in [2.05, 4.69) is 15.0 Å². The summed E-state index contributed by atoms with van der Waals surface area (Å²) in [6.45, 7) is 5.14. The number of thioether (sulfide) groups is 1. The molecule has 0 aromatic carbocycles. The third-order valence-corrected chi connectivity index (χ3v) is 3.03. The minimum Gasteiger partial charge on any atom is -0.474 e. The van der Waals surface area contributed by atoms with Crippen molar-refractivity contribution in [3.05, 3.63) is 21.9 Å². The molecule has 0 spiro atoms. The van der Waals surface area contributed by atoms with E-state index in [1.54, 1.807) is 6.26 Å². The number of rotatable bonds is 3. The lowest BCUT2D eigenvalue weighted by Gasteiger charge is -2.12. The molecule has 2 aromatic heterocycles. The summed E-state index contributed by atoms with van der Waals surface area (Å²) in [7, 11) is 0. The van der Waals surface area contributed by atoms with Gasteiger partial charge in [0.25, 0.3) is 5.56 Å². The van der Waals surface area contributed by atoms with Crippen molar-refractivity contribution in [3.63, 3.8) is 0 Å². The third-order valence-electron chi connectivity index (χ3n) is 2.45. The van der Waals surface area contributed by atoms with Crippen LogP contribution in [-0.4, -0.2) is 27.3 Å². The van der Waals surface area contributed by atoms with Gasteiger partial charge in [-0.3, -0.25) is 4.79 Å². The fraction of sp³-hybridized carbons (Fsp3) is 0.417. The summed E-state index contributed by atoms with van der Waals surface area (Å²) in [5.74, 6) is -0.474. The zero-order chi connectivity index (χ0) is 14.2. The molecule has 0 unspecified atom stereocenters. The average molecular weight is 283 g/mol. The topological polar surface area (TPSA) is 67.9 Å². The molecule has 2 heterocycles. The first-order valence-electron chi connectivity index (χ1n) is 5.74. The van der Waals surface area contributed by atoms with E-state index in [0.717, 1.165) is 0 Å². The van der Waals surface area contributed by atoms with Crippen LogP contribution in [0.25, 0.3) is 10.9 Å². The van der Waals surface area contributed by atoms with E-state index in [-0.39, 0.29) is 28.6 Å². The summed E-state index contributed by atoms with van der Waals surface area (Å²) in [6, 6.07) is 0. The zero-order valence-electron chi connectivity index (χ0n) is 11.1. The van der Waals surface area contributed by atoms with Gasteiger partial charge in [-0.05, 0) is 27.0 Å². The fourth-order valence-electron chi connectivity index (χ4n) is 1.64. The van der Waals surface area contributed by atoms with Crippen molar-refractivity contribution in [2.24, 2.45) is 0 Å². The second-order valence-electron chi connectivity index (χ2n) is 4.28. The first kappa shape index (κ1) is 13.8. The highest BCUT2D eigenvalue weighted by atomic mass is 32.2. The van der Waals surface area contributed by atoms with Crippen molar-refractivity contribution in [3.8, 4) is 5.88 Å². The van der Waals surface area contributed by atoms with Crippen LogP contribution < -0.4 is 10.3 Å². The molecular weight excluding hydrogens is 269 g/mol. The van der Waals surface area contributed by atoms with Gasteiger partial charge in [-0.2, -0.15) is 0 Å². The van der Waals surface area contributed by atoms with Crippen LogP contribution in [0.3, 0.4) is 0 Å². The molecular formula is C12H14FN3O2S. The molecule has 0 atom stereocenters. The number of halogens is 1. The van der Waals surface area contributed by atoms with Gasteiger partial charge in [0.1, 0.15) is 10.9 Å². The van der Waals surface area contributed by atoms with Crippen LogP contribution in [0.1, 0.15) is 19.5 Å². The zero-order valence-corrected chi connectivity index (χ0v) is 11.9. The highest BCUT2D eigenvalue weighted by Crippen LogP contribution is 2.25. The van der Waals surface area contributed by atoms with E-state index >= 15 is 0 Å². The Morgan fingerprint density at radius 2 is 2.05 bits per heavy atom. The van der Waals surface area contributed by atoms with E-state index in [1.165, 1.54) is 18.7 Å². The quantitative estimate of drug-likeness (QED) is 0.691. The normalized spacial score (nSPS) is 11.3. The fourth-order valence-corrected chi connectivity index (χ4v) is 2.02. The van der Waals surface area contributed by atoms with Crippen LogP contribution in [0.2, 0.25) is 0 Å². The Morgan fingerprint density at radius 3 is 2.63 bits per heavy atom. The Hall–Kier alpha value is -1.63. The molecule has 0 aliphatic heterocycles. The smallest absolute Gasteiger partial charge is 0.265 e. The largest absolute Gasteiger partial charge is 0.474 e. The summed E-state index contributed by atoms with van der Waals surface area (Å²) in [4.78, 5) is 22.7. The minimum absolute atomic E-state index is 0.00347. The Bertz CT molecular complexity index is 685. The maximum atomic E-state index is 14.1. The molecule has 2 aromatic rings. The molecule has 0 bridgehead atoms. The molecule has 0 amide bonds. The molecule has 0 radical (unpaired) electrons. The van der Waals surface area contributed by atoms with Crippen LogP contribution in [-0.2, 0) is 0 Å². The number of aryl methyl sites for hydroxylation is 1. The lowest BCUT2D eigenvalue weighted by molar-refractivity contribution is 0.235. The number of aromatic amines is 1. The summed E-state index contributed by atoms with van der Waals surface area (Å²) < 4.78 is 19.5. The van der Waals surface area contributed by atoms with E-state index in [0.29, 0.717) is 5.16 Å². The number of H-pyrrole nitrogens is 1. The molecule has 0 aliphatic rings. The lowest BCUT2D eigenvalue weighted by Crippen LogP contribution is -2.16. The summed E-state index contributed by atoms with van der Waals surface area (Å²) in [6.07, 6.45) is 1.59. The average Bonchev–Trinajstić information content (AvgIpc) is 2.34. The molecule has 0 fully saturated rings. The Morgan fingerprint density at radius 1 is 1.37 bits per heavy atom. The maximum absolute atomic E-state index is 14.1. The number of nitrogens with zero attached hydrogens (tertiary/aromatic N) is 2. The van der Waals surface area contributed by atoms with Crippen LogP contribution in [0, 0.1) is 12.7 Å². The number of fused-ring (bicyclic) bond motifs is 1. The van der Waals surface area contributed by atoms with Crippen molar-refractivity contribution in [2.75, 3.05) is 6.26 Å². The van der Waals surface area contributed by atoms with Gasteiger partial charge in [-0.25, -0.2) is 14.4 Å². The highest BCUT2D eigenvalue weighted by molar-refractivity contribution is 7.98. The van der Waals surface area contributed by atoms with Crippen molar-refractivity contribution in [1.82, 2.24) is 15.0 Å². The van der Waals surface area contributed by atoms with Crippen LogP contribution in [0.5, 0.6) is 5.88 Å². The minimum atomic E-state index is -0.590. The first-order valence-corrected chi connectivity index (χ1v) is 6.97. The third kappa shape index (κ3) is 2.56. The molecule has 2 rings (SSSR count). The number of pyridine rings is 1. The van der Waals surface area contributed by atoms with Gasteiger partial charge >= 0.3 is 0 Å². The second kappa shape index (κ2) is 5.16. The standard InChI is InChI=1S/C12H14FN3O2S/c1-5(2)18-11-7-9(8(13)6(3)14-11)15-12(19-4)16-10(7)17/h5H,1-4H3,(H,15,16,17). The maximum Gasteiger partial charge on any atom is 0.265 e.